The summed E-state index contributed by atoms with van der Waals surface area (Å²) < 4.78 is 6.45. The number of carbonyl (C=O) groups excluding carboxylic acids is 1. The third-order valence-electron chi connectivity index (χ3n) is 3.51. The van der Waals surface area contributed by atoms with Crippen molar-refractivity contribution in [2.24, 2.45) is 5.10 Å². The maximum absolute atomic E-state index is 11.7. The number of rotatable bonds is 6. The van der Waals surface area contributed by atoms with Crippen molar-refractivity contribution in [1.82, 2.24) is 5.43 Å². The number of aryl methyl sites for hydroxylation is 1. The Balaban J connectivity index is 1.80. The molecule has 0 unspecified atom stereocenters. The maximum Gasteiger partial charge on any atom is 0.277 e. The summed E-state index contributed by atoms with van der Waals surface area (Å²) in [6.45, 7) is 6.18. The molecule has 0 atom stereocenters. The lowest BCUT2D eigenvalue weighted by molar-refractivity contribution is -0.123. The minimum Gasteiger partial charge on any atom is -0.484 e. The molecule has 2 aromatic carbocycles. The summed E-state index contributed by atoms with van der Waals surface area (Å²) in [5, 5.41) is 3.95. The van der Waals surface area contributed by atoms with E-state index in [1.165, 1.54) is 5.56 Å². The fourth-order valence-corrected chi connectivity index (χ4v) is 2.28. The molecule has 126 valence electrons. The van der Waals surface area contributed by atoms with Gasteiger partial charge >= 0.3 is 0 Å². The van der Waals surface area contributed by atoms with Crippen LogP contribution in [0.3, 0.4) is 0 Å². The minimum absolute atomic E-state index is 0.0787. The van der Waals surface area contributed by atoms with E-state index in [0.29, 0.717) is 11.7 Å². The standard InChI is InChI=1S/C19H21BrN2O2/c1-13(2)16-6-4-15(5-7-16)11-21-22-19(23)12-24-17-8-9-18(20)14(3)10-17/h4-11,13H,12H2,1-3H3,(H,22,23). The molecule has 2 aromatic rings. The first-order valence-corrected chi connectivity index (χ1v) is 8.56. The summed E-state index contributed by atoms with van der Waals surface area (Å²) in [5.74, 6) is 0.847. The summed E-state index contributed by atoms with van der Waals surface area (Å²) in [6, 6.07) is 13.7. The van der Waals surface area contributed by atoms with Gasteiger partial charge in [-0.2, -0.15) is 5.10 Å². The number of nitrogens with zero attached hydrogens (tertiary/aromatic N) is 1. The topological polar surface area (TPSA) is 50.7 Å². The maximum atomic E-state index is 11.7. The van der Waals surface area contributed by atoms with Crippen molar-refractivity contribution >= 4 is 28.1 Å². The van der Waals surface area contributed by atoms with Gasteiger partial charge in [0.2, 0.25) is 0 Å². The Morgan fingerprint density at radius 3 is 2.58 bits per heavy atom. The summed E-state index contributed by atoms with van der Waals surface area (Å²) >= 11 is 3.42. The van der Waals surface area contributed by atoms with Crippen molar-refractivity contribution in [2.45, 2.75) is 26.7 Å². The first-order valence-electron chi connectivity index (χ1n) is 7.76. The van der Waals surface area contributed by atoms with E-state index in [-0.39, 0.29) is 12.5 Å². The number of hydrogen-bond acceptors (Lipinski definition) is 3. The quantitative estimate of drug-likeness (QED) is 0.588. The fraction of sp³-hybridized carbons (Fsp3) is 0.263. The zero-order valence-electron chi connectivity index (χ0n) is 14.0. The van der Waals surface area contributed by atoms with Gasteiger partial charge in [0.15, 0.2) is 6.61 Å². The van der Waals surface area contributed by atoms with Gasteiger partial charge in [-0.05, 0) is 47.7 Å². The van der Waals surface area contributed by atoms with Crippen LogP contribution in [0, 0.1) is 6.92 Å². The highest BCUT2D eigenvalue weighted by molar-refractivity contribution is 9.10. The number of ether oxygens (including phenoxy) is 1. The second-order valence-corrected chi connectivity index (χ2v) is 6.67. The molecule has 0 heterocycles. The van der Waals surface area contributed by atoms with Crippen molar-refractivity contribution in [2.75, 3.05) is 6.61 Å². The number of hydrazone groups is 1. The molecule has 0 aliphatic rings. The molecular formula is C19H21BrN2O2. The van der Waals surface area contributed by atoms with E-state index in [2.05, 4.69) is 52.4 Å². The van der Waals surface area contributed by atoms with Crippen LogP contribution in [-0.2, 0) is 4.79 Å². The Kier molecular flexibility index (Phi) is 6.55. The van der Waals surface area contributed by atoms with Gasteiger partial charge in [0.1, 0.15) is 5.75 Å². The zero-order chi connectivity index (χ0) is 17.5. The molecule has 0 spiro atoms. The lowest BCUT2D eigenvalue weighted by atomic mass is 10.0. The predicted octanol–water partition coefficient (Wildman–Crippen LogP) is 4.41. The van der Waals surface area contributed by atoms with E-state index in [1.807, 2.05) is 37.3 Å². The normalized spacial score (nSPS) is 11.0. The molecule has 0 radical (unpaired) electrons. The van der Waals surface area contributed by atoms with E-state index in [4.69, 9.17) is 4.74 Å². The smallest absolute Gasteiger partial charge is 0.277 e. The Bertz CT molecular complexity index is 725. The molecule has 0 bridgehead atoms. The summed E-state index contributed by atoms with van der Waals surface area (Å²) in [6.07, 6.45) is 1.62. The van der Waals surface area contributed by atoms with Crippen molar-refractivity contribution in [3.8, 4) is 5.75 Å². The first kappa shape index (κ1) is 18.2. The van der Waals surface area contributed by atoms with Crippen molar-refractivity contribution in [3.63, 3.8) is 0 Å². The molecule has 2 rings (SSSR count). The van der Waals surface area contributed by atoms with E-state index < -0.39 is 0 Å². The second-order valence-electron chi connectivity index (χ2n) is 5.81. The number of benzene rings is 2. The summed E-state index contributed by atoms with van der Waals surface area (Å²) in [5.41, 5.74) is 5.72. The molecule has 0 aromatic heterocycles. The zero-order valence-corrected chi connectivity index (χ0v) is 15.6. The van der Waals surface area contributed by atoms with E-state index in [0.717, 1.165) is 15.6 Å². The summed E-state index contributed by atoms with van der Waals surface area (Å²) in [7, 11) is 0. The van der Waals surface area contributed by atoms with Crippen molar-refractivity contribution < 1.29 is 9.53 Å². The van der Waals surface area contributed by atoms with Gasteiger partial charge in [0, 0.05) is 4.47 Å². The van der Waals surface area contributed by atoms with Crippen LogP contribution in [0.15, 0.2) is 52.0 Å². The van der Waals surface area contributed by atoms with E-state index >= 15 is 0 Å². The molecule has 1 N–H and O–H groups in total. The predicted molar refractivity (Wildman–Crippen MR) is 101 cm³/mol. The van der Waals surface area contributed by atoms with Crippen LogP contribution in [-0.4, -0.2) is 18.7 Å². The molecule has 0 aliphatic heterocycles. The highest BCUT2D eigenvalue weighted by atomic mass is 79.9. The van der Waals surface area contributed by atoms with Gasteiger partial charge in [0.25, 0.3) is 5.91 Å². The average molecular weight is 389 g/mol. The van der Waals surface area contributed by atoms with Gasteiger partial charge in [-0.1, -0.05) is 54.0 Å². The van der Waals surface area contributed by atoms with Gasteiger partial charge in [-0.25, -0.2) is 5.43 Å². The van der Waals surface area contributed by atoms with Crippen molar-refractivity contribution in [1.29, 1.82) is 0 Å². The van der Waals surface area contributed by atoms with Gasteiger partial charge in [-0.15, -0.1) is 0 Å². The Morgan fingerprint density at radius 1 is 1.25 bits per heavy atom. The Hall–Kier alpha value is -2.14. The van der Waals surface area contributed by atoms with Crippen LogP contribution in [0.25, 0.3) is 0 Å². The van der Waals surface area contributed by atoms with E-state index in [9.17, 15) is 4.79 Å². The Labute approximate surface area is 151 Å². The number of carbonyl (C=O) groups is 1. The molecule has 0 saturated carbocycles. The highest BCUT2D eigenvalue weighted by Crippen LogP contribution is 2.21. The second kappa shape index (κ2) is 8.64. The molecule has 4 nitrogen and oxygen atoms in total. The fourth-order valence-electron chi connectivity index (χ4n) is 2.03. The first-order chi connectivity index (χ1) is 11.5. The molecule has 24 heavy (non-hydrogen) atoms. The Morgan fingerprint density at radius 2 is 1.96 bits per heavy atom. The van der Waals surface area contributed by atoms with Crippen LogP contribution < -0.4 is 10.2 Å². The number of hydrogen-bond donors (Lipinski definition) is 1. The van der Waals surface area contributed by atoms with Gasteiger partial charge in [-0.3, -0.25) is 4.79 Å². The third kappa shape index (κ3) is 5.49. The molecule has 0 fully saturated rings. The SMILES string of the molecule is Cc1cc(OCC(=O)NN=Cc2ccc(C(C)C)cc2)ccc1Br. The third-order valence-corrected chi connectivity index (χ3v) is 4.40. The lowest BCUT2D eigenvalue weighted by Crippen LogP contribution is -2.24. The highest BCUT2D eigenvalue weighted by Gasteiger charge is 2.03. The van der Waals surface area contributed by atoms with Crippen LogP contribution >= 0.6 is 15.9 Å². The van der Waals surface area contributed by atoms with Crippen LogP contribution in [0.4, 0.5) is 0 Å². The van der Waals surface area contributed by atoms with Crippen LogP contribution in [0.1, 0.15) is 36.5 Å². The molecule has 1 amide bonds. The average Bonchev–Trinajstić information content (AvgIpc) is 2.56. The van der Waals surface area contributed by atoms with Gasteiger partial charge in [0.05, 0.1) is 6.21 Å². The van der Waals surface area contributed by atoms with Crippen molar-refractivity contribution in [3.05, 3.63) is 63.6 Å². The monoisotopic (exact) mass is 388 g/mol. The van der Waals surface area contributed by atoms with Gasteiger partial charge < -0.3 is 4.74 Å². The minimum atomic E-state index is -0.300. The lowest BCUT2D eigenvalue weighted by Gasteiger charge is -2.07. The largest absolute Gasteiger partial charge is 0.484 e. The molecular weight excluding hydrogens is 368 g/mol. The molecule has 0 aliphatic carbocycles. The molecule has 0 saturated heterocycles. The van der Waals surface area contributed by atoms with Crippen LogP contribution in [0.5, 0.6) is 5.75 Å². The summed E-state index contributed by atoms with van der Waals surface area (Å²) in [4.78, 5) is 11.7. The van der Waals surface area contributed by atoms with E-state index in [1.54, 1.807) is 6.21 Å². The van der Waals surface area contributed by atoms with Crippen LogP contribution in [0.2, 0.25) is 0 Å². The number of halogens is 1. The number of nitrogens with one attached hydrogen (secondary N) is 1. The molecule has 5 heteroatoms. The number of amides is 1.